The van der Waals surface area contributed by atoms with Gasteiger partial charge in [-0.25, -0.2) is 4.68 Å². The second kappa shape index (κ2) is 5.95. The third-order valence-electron chi connectivity index (χ3n) is 2.04. The van der Waals surface area contributed by atoms with E-state index in [1.807, 2.05) is 62.0 Å². The lowest BCUT2D eigenvalue weighted by Gasteiger charge is -2.03. The zero-order valence-electron chi connectivity index (χ0n) is 10.3. The van der Waals surface area contributed by atoms with Gasteiger partial charge in [0.2, 0.25) is 0 Å². The summed E-state index contributed by atoms with van der Waals surface area (Å²) in [5.74, 6) is 0.843. The lowest BCUT2D eigenvalue weighted by atomic mass is 10.3. The number of hydrogen-bond acceptors (Lipinski definition) is 2. The molecule has 0 aliphatic carbocycles. The number of methoxy groups -OCH3 is 1. The highest BCUT2D eigenvalue weighted by Gasteiger charge is 1.98. The molecule has 0 bridgehead atoms. The van der Waals surface area contributed by atoms with Crippen LogP contribution in [0.25, 0.3) is 5.69 Å². The van der Waals surface area contributed by atoms with E-state index >= 15 is 0 Å². The molecule has 2 aromatic rings. The Morgan fingerprint density at radius 1 is 1.19 bits per heavy atom. The van der Waals surface area contributed by atoms with Crippen LogP contribution < -0.4 is 4.74 Å². The molecule has 0 atom stereocenters. The topological polar surface area (TPSA) is 27.1 Å². The SMILES string of the molecule is CC.COc1cccc(-n2ccc(C)n2)c1. The Morgan fingerprint density at radius 2 is 1.94 bits per heavy atom. The predicted octanol–water partition coefficient (Wildman–Crippen LogP) is 3.22. The van der Waals surface area contributed by atoms with Crippen molar-refractivity contribution in [2.45, 2.75) is 20.8 Å². The van der Waals surface area contributed by atoms with Crippen molar-refractivity contribution in [2.75, 3.05) is 7.11 Å². The maximum absolute atomic E-state index is 5.14. The van der Waals surface area contributed by atoms with Crippen molar-refractivity contribution >= 4 is 0 Å². The van der Waals surface area contributed by atoms with Crippen molar-refractivity contribution in [3.8, 4) is 11.4 Å². The molecule has 16 heavy (non-hydrogen) atoms. The molecule has 3 nitrogen and oxygen atoms in total. The smallest absolute Gasteiger partial charge is 0.121 e. The third kappa shape index (κ3) is 2.86. The summed E-state index contributed by atoms with van der Waals surface area (Å²) in [5, 5.41) is 4.32. The lowest BCUT2D eigenvalue weighted by molar-refractivity contribution is 0.414. The maximum atomic E-state index is 5.14. The molecular formula is C13H18N2O. The quantitative estimate of drug-likeness (QED) is 0.774. The van der Waals surface area contributed by atoms with Crippen LogP contribution in [0.1, 0.15) is 19.5 Å². The van der Waals surface area contributed by atoms with E-state index in [2.05, 4.69) is 5.10 Å². The molecule has 0 amide bonds. The monoisotopic (exact) mass is 218 g/mol. The predicted molar refractivity (Wildman–Crippen MR) is 66.2 cm³/mol. The molecule has 0 fully saturated rings. The van der Waals surface area contributed by atoms with Crippen molar-refractivity contribution in [2.24, 2.45) is 0 Å². The molecule has 3 heteroatoms. The van der Waals surface area contributed by atoms with Crippen LogP contribution in [-0.4, -0.2) is 16.9 Å². The summed E-state index contributed by atoms with van der Waals surface area (Å²) in [4.78, 5) is 0. The molecule has 2 rings (SSSR count). The van der Waals surface area contributed by atoms with Crippen molar-refractivity contribution < 1.29 is 4.74 Å². The number of benzene rings is 1. The average Bonchev–Trinajstić information content (AvgIpc) is 2.79. The van der Waals surface area contributed by atoms with Crippen LogP contribution >= 0.6 is 0 Å². The lowest BCUT2D eigenvalue weighted by Crippen LogP contribution is -1.95. The van der Waals surface area contributed by atoms with Gasteiger partial charge in [-0.2, -0.15) is 5.10 Å². The Kier molecular flexibility index (Phi) is 4.58. The summed E-state index contributed by atoms with van der Waals surface area (Å²) >= 11 is 0. The van der Waals surface area contributed by atoms with Crippen LogP contribution in [0.15, 0.2) is 36.5 Å². The Labute approximate surface area is 96.7 Å². The van der Waals surface area contributed by atoms with E-state index in [1.165, 1.54) is 0 Å². The van der Waals surface area contributed by atoms with Gasteiger partial charge in [0.15, 0.2) is 0 Å². The van der Waals surface area contributed by atoms with Gasteiger partial charge in [0.05, 0.1) is 18.5 Å². The fourth-order valence-electron chi connectivity index (χ4n) is 1.31. The highest BCUT2D eigenvalue weighted by Crippen LogP contribution is 2.15. The van der Waals surface area contributed by atoms with Gasteiger partial charge in [-0.15, -0.1) is 0 Å². The molecule has 86 valence electrons. The van der Waals surface area contributed by atoms with Crippen LogP contribution in [0, 0.1) is 6.92 Å². The number of aryl methyl sites for hydroxylation is 1. The van der Waals surface area contributed by atoms with E-state index in [0.29, 0.717) is 0 Å². The van der Waals surface area contributed by atoms with E-state index in [0.717, 1.165) is 17.1 Å². The highest BCUT2D eigenvalue weighted by molar-refractivity contribution is 5.38. The van der Waals surface area contributed by atoms with Gasteiger partial charge in [0.1, 0.15) is 5.75 Å². The summed E-state index contributed by atoms with van der Waals surface area (Å²) in [7, 11) is 1.66. The Balaban J connectivity index is 0.000000606. The summed E-state index contributed by atoms with van der Waals surface area (Å²) in [6, 6.07) is 9.78. The van der Waals surface area contributed by atoms with Crippen LogP contribution in [-0.2, 0) is 0 Å². The number of rotatable bonds is 2. The molecule has 1 heterocycles. The first-order valence-corrected chi connectivity index (χ1v) is 5.46. The van der Waals surface area contributed by atoms with Gasteiger partial charge in [-0.3, -0.25) is 0 Å². The maximum Gasteiger partial charge on any atom is 0.121 e. The van der Waals surface area contributed by atoms with Gasteiger partial charge >= 0.3 is 0 Å². The van der Waals surface area contributed by atoms with Crippen LogP contribution in [0.3, 0.4) is 0 Å². The number of ether oxygens (including phenoxy) is 1. The first-order valence-electron chi connectivity index (χ1n) is 5.46. The molecule has 0 aliphatic rings. The van der Waals surface area contributed by atoms with E-state index in [1.54, 1.807) is 7.11 Å². The van der Waals surface area contributed by atoms with E-state index in [4.69, 9.17) is 4.74 Å². The zero-order chi connectivity index (χ0) is 12.0. The summed E-state index contributed by atoms with van der Waals surface area (Å²) in [5.41, 5.74) is 2.02. The summed E-state index contributed by atoms with van der Waals surface area (Å²) in [6.45, 7) is 5.97. The number of nitrogens with zero attached hydrogens (tertiary/aromatic N) is 2. The first kappa shape index (κ1) is 12.3. The van der Waals surface area contributed by atoms with Gasteiger partial charge < -0.3 is 4.74 Å². The van der Waals surface area contributed by atoms with Crippen LogP contribution in [0.5, 0.6) is 5.75 Å². The summed E-state index contributed by atoms with van der Waals surface area (Å²) in [6.07, 6.45) is 1.93. The van der Waals surface area contributed by atoms with Crippen LogP contribution in [0.4, 0.5) is 0 Å². The second-order valence-electron chi connectivity index (χ2n) is 3.10. The molecule has 0 spiro atoms. The fraction of sp³-hybridized carbons (Fsp3) is 0.308. The average molecular weight is 218 g/mol. The molecular weight excluding hydrogens is 200 g/mol. The van der Waals surface area contributed by atoms with Crippen molar-refractivity contribution in [3.63, 3.8) is 0 Å². The Bertz CT molecular complexity index is 435. The molecule has 0 saturated heterocycles. The van der Waals surface area contributed by atoms with Crippen LogP contribution in [0.2, 0.25) is 0 Å². The molecule has 0 unspecified atom stereocenters. The largest absolute Gasteiger partial charge is 0.497 e. The second-order valence-corrected chi connectivity index (χ2v) is 3.10. The molecule has 1 aromatic carbocycles. The van der Waals surface area contributed by atoms with Gasteiger partial charge in [0.25, 0.3) is 0 Å². The first-order chi connectivity index (χ1) is 7.79. The molecule has 0 radical (unpaired) electrons. The molecule has 0 N–H and O–H groups in total. The van der Waals surface area contributed by atoms with Gasteiger partial charge in [-0.05, 0) is 25.1 Å². The minimum absolute atomic E-state index is 0.843. The molecule has 0 saturated carbocycles. The van der Waals surface area contributed by atoms with E-state index < -0.39 is 0 Å². The minimum atomic E-state index is 0.843. The standard InChI is InChI=1S/C11H12N2O.C2H6/c1-9-6-7-13(12-9)10-4-3-5-11(8-10)14-2;1-2/h3-8H,1-2H3;1-2H3. The normalized spacial score (nSPS) is 9.25. The Hall–Kier alpha value is -1.77. The third-order valence-corrected chi connectivity index (χ3v) is 2.04. The number of hydrogen-bond donors (Lipinski definition) is 0. The molecule has 0 aliphatic heterocycles. The highest BCUT2D eigenvalue weighted by atomic mass is 16.5. The van der Waals surface area contributed by atoms with Crippen molar-refractivity contribution in [3.05, 3.63) is 42.2 Å². The fourth-order valence-corrected chi connectivity index (χ4v) is 1.31. The van der Waals surface area contributed by atoms with Gasteiger partial charge in [-0.1, -0.05) is 19.9 Å². The summed E-state index contributed by atoms with van der Waals surface area (Å²) < 4.78 is 6.97. The number of aromatic nitrogens is 2. The zero-order valence-corrected chi connectivity index (χ0v) is 10.3. The minimum Gasteiger partial charge on any atom is -0.497 e. The van der Waals surface area contributed by atoms with Gasteiger partial charge in [0, 0.05) is 12.3 Å². The van der Waals surface area contributed by atoms with Crippen molar-refractivity contribution in [1.82, 2.24) is 9.78 Å². The van der Waals surface area contributed by atoms with E-state index in [9.17, 15) is 0 Å². The Morgan fingerprint density at radius 3 is 2.50 bits per heavy atom. The van der Waals surface area contributed by atoms with Crippen molar-refractivity contribution in [1.29, 1.82) is 0 Å². The van der Waals surface area contributed by atoms with E-state index in [-0.39, 0.29) is 0 Å². The molecule has 1 aromatic heterocycles.